The van der Waals surface area contributed by atoms with Crippen molar-refractivity contribution in [1.82, 2.24) is 10.2 Å². The zero-order valence-electron chi connectivity index (χ0n) is 20.6. The van der Waals surface area contributed by atoms with Crippen molar-refractivity contribution in [2.24, 2.45) is 0 Å². The Hall–Kier alpha value is -3.26. The summed E-state index contributed by atoms with van der Waals surface area (Å²) in [5.41, 5.74) is 2.00. The third-order valence-corrected chi connectivity index (χ3v) is 6.04. The van der Waals surface area contributed by atoms with Crippen LogP contribution in [0.5, 0.6) is 17.2 Å². The number of amides is 2. The van der Waals surface area contributed by atoms with Crippen molar-refractivity contribution < 1.29 is 28.5 Å². The molecule has 1 N–H and O–H groups in total. The fourth-order valence-corrected chi connectivity index (χ4v) is 4.54. The molecule has 1 aliphatic rings. The molecule has 2 atom stereocenters. The number of fused-ring (bicyclic) bond motifs is 1. The van der Waals surface area contributed by atoms with Gasteiger partial charge in [-0.05, 0) is 42.2 Å². The minimum atomic E-state index is -0.606. The second kappa shape index (κ2) is 11.7. The first-order valence-corrected chi connectivity index (χ1v) is 11.5. The van der Waals surface area contributed by atoms with Gasteiger partial charge in [-0.1, -0.05) is 25.1 Å². The molecule has 0 aliphatic carbocycles. The van der Waals surface area contributed by atoms with Crippen molar-refractivity contribution in [1.29, 1.82) is 0 Å². The Morgan fingerprint density at radius 3 is 2.29 bits per heavy atom. The normalized spacial score (nSPS) is 17.2. The third kappa shape index (κ3) is 4.97. The van der Waals surface area contributed by atoms with E-state index in [1.165, 1.54) is 0 Å². The molecule has 1 heterocycles. The van der Waals surface area contributed by atoms with Crippen molar-refractivity contribution in [3.8, 4) is 17.2 Å². The van der Waals surface area contributed by atoms with E-state index in [0.29, 0.717) is 54.5 Å². The van der Waals surface area contributed by atoms with Gasteiger partial charge in [0.05, 0.1) is 33.3 Å². The predicted octanol–water partition coefficient (Wildman–Crippen LogP) is 3.56. The lowest BCUT2D eigenvalue weighted by atomic mass is 9.79. The van der Waals surface area contributed by atoms with Crippen molar-refractivity contribution in [3.63, 3.8) is 0 Å². The minimum absolute atomic E-state index is 0.0976. The molecule has 0 fully saturated rings. The lowest BCUT2D eigenvalue weighted by Gasteiger charge is -2.42. The van der Waals surface area contributed by atoms with E-state index >= 15 is 0 Å². The number of rotatable bonds is 11. The average molecular weight is 471 g/mol. The van der Waals surface area contributed by atoms with Crippen LogP contribution >= 0.6 is 0 Å². The molecule has 2 aromatic rings. The number of nitrogens with zero attached hydrogens (tertiary/aromatic N) is 1. The van der Waals surface area contributed by atoms with Crippen molar-refractivity contribution in [2.75, 3.05) is 48.1 Å². The van der Waals surface area contributed by atoms with Crippen LogP contribution in [0.4, 0.5) is 0 Å². The topological polar surface area (TPSA) is 86.3 Å². The van der Waals surface area contributed by atoms with E-state index in [2.05, 4.69) is 5.32 Å². The fraction of sp³-hybridized carbons (Fsp3) is 0.462. The van der Waals surface area contributed by atoms with Gasteiger partial charge in [0.1, 0.15) is 0 Å². The third-order valence-electron chi connectivity index (χ3n) is 6.04. The lowest BCUT2D eigenvalue weighted by Crippen LogP contribution is -2.47. The highest BCUT2D eigenvalue weighted by molar-refractivity contribution is 6.01. The maximum atomic E-state index is 13.6. The van der Waals surface area contributed by atoms with Crippen LogP contribution in [0.1, 0.15) is 53.2 Å². The molecule has 0 aromatic heterocycles. The van der Waals surface area contributed by atoms with Gasteiger partial charge < -0.3 is 29.2 Å². The molecule has 1 aliphatic heterocycles. The Balaban J connectivity index is 2.17. The second-order valence-electron chi connectivity index (χ2n) is 8.10. The monoisotopic (exact) mass is 470 g/mol. The first kappa shape index (κ1) is 25.4. The molecule has 184 valence electrons. The number of benzene rings is 2. The molecule has 34 heavy (non-hydrogen) atoms. The van der Waals surface area contributed by atoms with E-state index in [4.69, 9.17) is 18.9 Å². The van der Waals surface area contributed by atoms with Gasteiger partial charge in [-0.25, -0.2) is 0 Å². The highest BCUT2D eigenvalue weighted by atomic mass is 16.5. The SMILES string of the molecule is CCCN1C(=O)c2ccccc2C(C(=O)NCCCOC)C1c1cc(OC)c(OC)c(OC)c1. The summed E-state index contributed by atoms with van der Waals surface area (Å²) in [4.78, 5) is 29.0. The standard InChI is InChI=1S/C26H34N2O6/c1-6-13-28-23(17-15-20(32-3)24(34-5)21(16-17)33-4)22(25(29)27-12-9-14-31-2)18-10-7-8-11-19(18)26(28)30/h7-8,10-11,15-16,22-23H,6,9,12-14H2,1-5H3,(H,27,29). The molecule has 8 nitrogen and oxygen atoms in total. The zero-order valence-corrected chi connectivity index (χ0v) is 20.6. The Morgan fingerprint density at radius 2 is 1.71 bits per heavy atom. The molecule has 0 saturated heterocycles. The largest absolute Gasteiger partial charge is 0.493 e. The van der Waals surface area contributed by atoms with E-state index in [9.17, 15) is 9.59 Å². The zero-order chi connectivity index (χ0) is 24.7. The lowest BCUT2D eigenvalue weighted by molar-refractivity contribution is -0.124. The molecular formula is C26H34N2O6. The maximum absolute atomic E-state index is 13.6. The number of hydrogen-bond donors (Lipinski definition) is 1. The van der Waals surface area contributed by atoms with Gasteiger partial charge in [0, 0.05) is 32.4 Å². The van der Waals surface area contributed by atoms with Crippen LogP contribution < -0.4 is 19.5 Å². The first-order valence-electron chi connectivity index (χ1n) is 11.5. The van der Waals surface area contributed by atoms with Gasteiger partial charge in [-0.2, -0.15) is 0 Å². The minimum Gasteiger partial charge on any atom is -0.493 e. The molecule has 3 rings (SSSR count). The Kier molecular flexibility index (Phi) is 8.76. The molecule has 0 bridgehead atoms. The summed E-state index contributed by atoms with van der Waals surface area (Å²) in [6.07, 6.45) is 1.44. The highest BCUT2D eigenvalue weighted by Crippen LogP contribution is 2.47. The van der Waals surface area contributed by atoms with Crippen molar-refractivity contribution in [3.05, 3.63) is 53.1 Å². The molecular weight excluding hydrogens is 436 g/mol. The predicted molar refractivity (Wildman–Crippen MR) is 129 cm³/mol. The smallest absolute Gasteiger partial charge is 0.254 e. The summed E-state index contributed by atoms with van der Waals surface area (Å²) >= 11 is 0. The highest BCUT2D eigenvalue weighted by Gasteiger charge is 2.44. The van der Waals surface area contributed by atoms with Crippen LogP contribution in [0.25, 0.3) is 0 Å². The van der Waals surface area contributed by atoms with Gasteiger partial charge in [0.15, 0.2) is 11.5 Å². The molecule has 0 spiro atoms. The molecule has 8 heteroatoms. The summed E-state index contributed by atoms with van der Waals surface area (Å²) in [6.45, 7) is 3.55. The first-order chi connectivity index (χ1) is 16.5. The van der Waals surface area contributed by atoms with E-state index < -0.39 is 12.0 Å². The quantitative estimate of drug-likeness (QED) is 0.506. The van der Waals surface area contributed by atoms with E-state index in [-0.39, 0.29) is 11.8 Å². The van der Waals surface area contributed by atoms with Gasteiger partial charge in [-0.15, -0.1) is 0 Å². The van der Waals surface area contributed by atoms with Crippen LogP contribution in [-0.4, -0.2) is 64.8 Å². The van der Waals surface area contributed by atoms with E-state index in [1.54, 1.807) is 39.4 Å². The molecule has 0 saturated carbocycles. The maximum Gasteiger partial charge on any atom is 0.254 e. The van der Waals surface area contributed by atoms with Crippen LogP contribution in [0.3, 0.4) is 0 Å². The summed E-state index contributed by atoms with van der Waals surface area (Å²) in [5, 5.41) is 3.04. The number of hydrogen-bond acceptors (Lipinski definition) is 6. The summed E-state index contributed by atoms with van der Waals surface area (Å²) < 4.78 is 21.7. The number of carbonyl (C=O) groups excluding carboxylic acids is 2. The fourth-order valence-electron chi connectivity index (χ4n) is 4.54. The van der Waals surface area contributed by atoms with Gasteiger partial charge in [0.25, 0.3) is 5.91 Å². The van der Waals surface area contributed by atoms with Crippen LogP contribution in [-0.2, 0) is 9.53 Å². The van der Waals surface area contributed by atoms with Crippen LogP contribution in [0.15, 0.2) is 36.4 Å². The molecule has 2 unspecified atom stereocenters. The van der Waals surface area contributed by atoms with Crippen molar-refractivity contribution in [2.45, 2.75) is 31.7 Å². The van der Waals surface area contributed by atoms with E-state index in [0.717, 1.165) is 12.0 Å². The number of ether oxygens (including phenoxy) is 4. The van der Waals surface area contributed by atoms with Gasteiger partial charge >= 0.3 is 0 Å². The number of methoxy groups -OCH3 is 4. The van der Waals surface area contributed by atoms with Crippen molar-refractivity contribution >= 4 is 11.8 Å². The average Bonchev–Trinajstić information content (AvgIpc) is 2.87. The Morgan fingerprint density at radius 1 is 1.03 bits per heavy atom. The molecule has 2 amide bonds. The number of nitrogens with one attached hydrogen (secondary N) is 1. The summed E-state index contributed by atoms with van der Waals surface area (Å²) in [7, 11) is 6.27. The Labute approximate surface area is 201 Å². The van der Waals surface area contributed by atoms with Crippen LogP contribution in [0.2, 0.25) is 0 Å². The number of carbonyl (C=O) groups is 2. The molecule has 0 radical (unpaired) electrons. The van der Waals surface area contributed by atoms with E-state index in [1.807, 2.05) is 37.3 Å². The summed E-state index contributed by atoms with van der Waals surface area (Å²) in [5.74, 6) is 0.554. The molecule has 2 aromatic carbocycles. The van der Waals surface area contributed by atoms with Crippen LogP contribution in [0, 0.1) is 0 Å². The summed E-state index contributed by atoms with van der Waals surface area (Å²) in [6, 6.07) is 10.4. The van der Waals surface area contributed by atoms with Gasteiger partial charge in [0.2, 0.25) is 11.7 Å². The van der Waals surface area contributed by atoms with Gasteiger partial charge in [-0.3, -0.25) is 9.59 Å². The Bertz CT molecular complexity index is 984. The second-order valence-corrected chi connectivity index (χ2v) is 8.10.